The van der Waals surface area contributed by atoms with E-state index in [9.17, 15) is 9.90 Å². The Labute approximate surface area is 97.8 Å². The monoisotopic (exact) mass is 225 g/mol. The third-order valence-electron chi connectivity index (χ3n) is 4.28. The lowest BCUT2D eigenvalue weighted by molar-refractivity contribution is -0.151. The smallest absolute Gasteiger partial charge is 0.310 e. The van der Waals surface area contributed by atoms with Gasteiger partial charge in [-0.3, -0.25) is 4.79 Å². The van der Waals surface area contributed by atoms with Crippen LogP contribution >= 0.6 is 0 Å². The third-order valence-corrected chi connectivity index (χ3v) is 4.28. The van der Waals surface area contributed by atoms with Crippen LogP contribution in [0.2, 0.25) is 0 Å². The average Bonchev–Trinajstić information content (AvgIpc) is 2.70. The maximum atomic E-state index is 11.2. The predicted octanol–water partition coefficient (Wildman–Crippen LogP) is 2.36. The van der Waals surface area contributed by atoms with Crippen molar-refractivity contribution < 1.29 is 9.90 Å². The highest BCUT2D eigenvalue weighted by Crippen LogP contribution is 2.32. The molecule has 0 spiro atoms. The summed E-state index contributed by atoms with van der Waals surface area (Å²) in [5, 5.41) is 9.25. The van der Waals surface area contributed by atoms with Gasteiger partial charge in [-0.15, -0.1) is 0 Å². The summed E-state index contributed by atoms with van der Waals surface area (Å²) in [5.41, 5.74) is -0.503. The topological polar surface area (TPSA) is 40.5 Å². The summed E-state index contributed by atoms with van der Waals surface area (Å²) < 4.78 is 0. The van der Waals surface area contributed by atoms with Crippen LogP contribution in [0.1, 0.15) is 45.4 Å². The first-order valence-corrected chi connectivity index (χ1v) is 6.56. The Bertz CT molecular complexity index is 261. The van der Waals surface area contributed by atoms with Crippen molar-refractivity contribution in [3.63, 3.8) is 0 Å². The summed E-state index contributed by atoms with van der Waals surface area (Å²) in [5.74, 6) is 0.208. The van der Waals surface area contributed by atoms with Crippen LogP contribution in [-0.4, -0.2) is 35.6 Å². The highest BCUT2D eigenvalue weighted by molar-refractivity contribution is 5.74. The van der Waals surface area contributed by atoms with Gasteiger partial charge < -0.3 is 10.0 Å². The number of likely N-dealkylation sites (tertiary alicyclic amines) is 1. The van der Waals surface area contributed by atoms with Gasteiger partial charge in [0.2, 0.25) is 0 Å². The molecule has 0 radical (unpaired) electrons. The molecule has 0 aromatic carbocycles. The van der Waals surface area contributed by atoms with Crippen LogP contribution in [0.4, 0.5) is 0 Å². The zero-order chi connectivity index (χ0) is 11.6. The van der Waals surface area contributed by atoms with Crippen LogP contribution in [0.25, 0.3) is 0 Å². The second kappa shape index (κ2) is 4.74. The van der Waals surface area contributed by atoms with Gasteiger partial charge in [-0.2, -0.15) is 0 Å². The number of carboxylic acid groups (broad SMARTS) is 1. The van der Waals surface area contributed by atoms with Gasteiger partial charge in [-0.05, 0) is 45.1 Å². The van der Waals surface area contributed by atoms with Crippen molar-refractivity contribution in [1.82, 2.24) is 4.90 Å². The van der Waals surface area contributed by atoms with Crippen molar-refractivity contribution in [2.24, 2.45) is 11.3 Å². The fraction of sp³-hybridized carbons (Fsp3) is 0.923. The van der Waals surface area contributed by atoms with Gasteiger partial charge in [0.15, 0.2) is 0 Å². The summed E-state index contributed by atoms with van der Waals surface area (Å²) in [6.45, 7) is 4.87. The van der Waals surface area contributed by atoms with Crippen LogP contribution < -0.4 is 0 Å². The second-order valence-electron chi connectivity index (χ2n) is 5.85. The lowest BCUT2D eigenvalue weighted by atomic mass is 9.81. The maximum Gasteiger partial charge on any atom is 0.310 e. The molecule has 1 saturated carbocycles. The van der Waals surface area contributed by atoms with Gasteiger partial charge in [0.05, 0.1) is 5.41 Å². The molecule has 3 nitrogen and oxygen atoms in total. The van der Waals surface area contributed by atoms with E-state index in [4.69, 9.17) is 0 Å². The van der Waals surface area contributed by atoms with Crippen molar-refractivity contribution in [3.05, 3.63) is 0 Å². The summed E-state index contributed by atoms with van der Waals surface area (Å²) in [6, 6.07) is 0. The van der Waals surface area contributed by atoms with Gasteiger partial charge in [-0.1, -0.05) is 12.8 Å². The first-order valence-electron chi connectivity index (χ1n) is 6.56. The molecule has 0 bridgehead atoms. The Morgan fingerprint density at radius 1 is 1.38 bits per heavy atom. The first kappa shape index (κ1) is 11.9. The number of hydrogen-bond donors (Lipinski definition) is 1. The largest absolute Gasteiger partial charge is 0.481 e. The average molecular weight is 225 g/mol. The molecule has 1 aliphatic heterocycles. The molecule has 0 aromatic rings. The van der Waals surface area contributed by atoms with Crippen molar-refractivity contribution in [2.45, 2.75) is 45.4 Å². The summed E-state index contributed by atoms with van der Waals surface area (Å²) >= 11 is 0. The van der Waals surface area contributed by atoms with E-state index in [2.05, 4.69) is 4.90 Å². The summed E-state index contributed by atoms with van der Waals surface area (Å²) in [7, 11) is 0. The van der Waals surface area contributed by atoms with Crippen molar-refractivity contribution in [3.8, 4) is 0 Å². The maximum absolute atomic E-state index is 11.2. The molecule has 2 fully saturated rings. The SMILES string of the molecule is CC1(C(=O)O)CCCN(CC2CCCC2)C1. The second-order valence-corrected chi connectivity index (χ2v) is 5.85. The van der Waals surface area contributed by atoms with Gasteiger partial charge >= 0.3 is 5.97 Å². The number of carboxylic acids is 1. The molecule has 2 aliphatic rings. The molecule has 16 heavy (non-hydrogen) atoms. The molecule has 92 valence electrons. The summed E-state index contributed by atoms with van der Waals surface area (Å²) in [6.07, 6.45) is 7.31. The first-order chi connectivity index (χ1) is 7.60. The standard InChI is InChI=1S/C13H23NO2/c1-13(12(15)16)7-4-8-14(10-13)9-11-5-2-3-6-11/h11H,2-10H2,1H3,(H,15,16). The number of piperidine rings is 1. The normalized spacial score (nSPS) is 33.1. The lowest BCUT2D eigenvalue weighted by Gasteiger charge is -2.38. The van der Waals surface area contributed by atoms with Crippen LogP contribution in [0.5, 0.6) is 0 Å². The molecule has 1 unspecified atom stereocenters. The third kappa shape index (κ3) is 2.57. The zero-order valence-electron chi connectivity index (χ0n) is 10.2. The van der Waals surface area contributed by atoms with Gasteiger partial charge in [0.1, 0.15) is 0 Å². The number of hydrogen-bond acceptors (Lipinski definition) is 2. The van der Waals surface area contributed by atoms with Gasteiger partial charge in [0.25, 0.3) is 0 Å². The van der Waals surface area contributed by atoms with Crippen LogP contribution in [-0.2, 0) is 4.79 Å². The van der Waals surface area contributed by atoms with E-state index < -0.39 is 11.4 Å². The predicted molar refractivity (Wildman–Crippen MR) is 63.4 cm³/mol. The Morgan fingerprint density at radius 2 is 2.06 bits per heavy atom. The molecule has 1 N–H and O–H groups in total. The molecule has 1 aliphatic carbocycles. The molecular weight excluding hydrogens is 202 g/mol. The molecule has 0 amide bonds. The van der Waals surface area contributed by atoms with E-state index in [1.807, 2.05) is 6.92 Å². The Morgan fingerprint density at radius 3 is 2.69 bits per heavy atom. The van der Waals surface area contributed by atoms with Gasteiger partial charge in [0, 0.05) is 13.1 Å². The van der Waals surface area contributed by atoms with Crippen LogP contribution in [0.3, 0.4) is 0 Å². The van der Waals surface area contributed by atoms with E-state index in [1.165, 1.54) is 25.7 Å². The molecule has 1 saturated heterocycles. The Balaban J connectivity index is 1.88. The molecule has 0 aromatic heterocycles. The molecule has 3 heteroatoms. The van der Waals surface area contributed by atoms with Crippen molar-refractivity contribution in [2.75, 3.05) is 19.6 Å². The van der Waals surface area contributed by atoms with E-state index in [0.717, 1.165) is 38.4 Å². The van der Waals surface area contributed by atoms with Crippen molar-refractivity contribution in [1.29, 1.82) is 0 Å². The minimum atomic E-state index is -0.622. The Hall–Kier alpha value is -0.570. The molecular formula is C13H23NO2. The van der Waals surface area contributed by atoms with Crippen LogP contribution in [0, 0.1) is 11.3 Å². The molecule has 2 rings (SSSR count). The highest BCUT2D eigenvalue weighted by atomic mass is 16.4. The Kier molecular flexibility index (Phi) is 3.53. The zero-order valence-corrected chi connectivity index (χ0v) is 10.2. The lowest BCUT2D eigenvalue weighted by Crippen LogP contribution is -2.47. The number of aliphatic carboxylic acids is 1. The number of carbonyl (C=O) groups is 1. The highest BCUT2D eigenvalue weighted by Gasteiger charge is 2.38. The molecule has 1 heterocycles. The fourth-order valence-electron chi connectivity index (χ4n) is 3.23. The van der Waals surface area contributed by atoms with Crippen molar-refractivity contribution >= 4 is 5.97 Å². The molecule has 1 atom stereocenters. The number of nitrogens with zero attached hydrogens (tertiary/aromatic N) is 1. The number of rotatable bonds is 3. The fourth-order valence-corrected chi connectivity index (χ4v) is 3.23. The van der Waals surface area contributed by atoms with E-state index in [0.29, 0.717) is 0 Å². The van der Waals surface area contributed by atoms with Gasteiger partial charge in [-0.25, -0.2) is 0 Å². The minimum Gasteiger partial charge on any atom is -0.481 e. The minimum absolute atomic E-state index is 0.503. The summed E-state index contributed by atoms with van der Waals surface area (Å²) in [4.78, 5) is 13.6. The van der Waals surface area contributed by atoms with E-state index >= 15 is 0 Å². The van der Waals surface area contributed by atoms with Crippen LogP contribution in [0.15, 0.2) is 0 Å². The van der Waals surface area contributed by atoms with E-state index in [-0.39, 0.29) is 0 Å². The quantitative estimate of drug-likeness (QED) is 0.801. The van der Waals surface area contributed by atoms with E-state index in [1.54, 1.807) is 0 Å².